The normalized spacial score (nSPS) is 16.9. The molecule has 1 aromatic rings. The smallest absolute Gasteiger partial charge is 0.402 e. The molecule has 0 amide bonds. The molecular weight excluding hydrogens is 243 g/mol. The van der Waals surface area contributed by atoms with Crippen molar-refractivity contribution >= 4 is 13.5 Å². The van der Waals surface area contributed by atoms with E-state index in [4.69, 9.17) is 14.3 Å². The van der Waals surface area contributed by atoms with Crippen LogP contribution in [0.1, 0.15) is 0 Å². The third kappa shape index (κ3) is 3.44. The first-order chi connectivity index (χ1) is 8.06. The van der Waals surface area contributed by atoms with Crippen molar-refractivity contribution in [1.29, 1.82) is 0 Å². The first-order valence-electron chi connectivity index (χ1n) is 5.36. The molecule has 0 unspecified atom stereocenters. The molecule has 7 heteroatoms. The van der Waals surface area contributed by atoms with Crippen LogP contribution < -0.4 is 14.7 Å². The summed E-state index contributed by atoms with van der Waals surface area (Å²) < 4.78 is 15.6. The van der Waals surface area contributed by atoms with Crippen molar-refractivity contribution < 1.29 is 18.9 Å². The van der Waals surface area contributed by atoms with Gasteiger partial charge >= 0.3 is 7.82 Å². The zero-order valence-electron chi connectivity index (χ0n) is 9.24. The lowest BCUT2D eigenvalue weighted by molar-refractivity contribution is 0.283. The first kappa shape index (κ1) is 12.4. The van der Waals surface area contributed by atoms with Crippen molar-refractivity contribution in [1.82, 2.24) is 5.32 Å². The highest BCUT2D eigenvalue weighted by atomic mass is 31.2. The summed E-state index contributed by atoms with van der Waals surface area (Å²) in [5, 5.41) is 3.22. The first-order valence-corrected chi connectivity index (χ1v) is 6.89. The minimum absolute atomic E-state index is 0.225. The summed E-state index contributed by atoms with van der Waals surface area (Å²) in [6, 6.07) is 6.88. The van der Waals surface area contributed by atoms with Gasteiger partial charge in [0.25, 0.3) is 0 Å². The zero-order valence-corrected chi connectivity index (χ0v) is 10.1. The van der Waals surface area contributed by atoms with Gasteiger partial charge in [-0.2, -0.15) is 0 Å². The minimum Gasteiger partial charge on any atom is -0.402 e. The maximum absolute atomic E-state index is 10.9. The van der Waals surface area contributed by atoms with E-state index in [0.717, 1.165) is 31.9 Å². The number of nitrogens with one attached hydrogen (secondary N) is 1. The van der Waals surface area contributed by atoms with Gasteiger partial charge in [-0.05, 0) is 12.1 Å². The van der Waals surface area contributed by atoms with E-state index in [1.54, 1.807) is 18.2 Å². The number of hydrogen-bond acceptors (Lipinski definition) is 4. The minimum atomic E-state index is -4.51. The molecule has 1 aromatic carbocycles. The molecule has 0 aliphatic carbocycles. The number of phosphoric ester groups is 1. The van der Waals surface area contributed by atoms with Gasteiger partial charge in [-0.3, -0.25) is 9.79 Å². The molecular formula is C10H15N2O4P. The van der Waals surface area contributed by atoms with Crippen LogP contribution in [0.2, 0.25) is 0 Å². The molecule has 0 aromatic heterocycles. The topological polar surface area (TPSA) is 82.0 Å². The van der Waals surface area contributed by atoms with E-state index in [1.807, 2.05) is 11.0 Å². The SMILES string of the molecule is O=P(O)(O)Oc1ccccc1N1CCNCC1. The Morgan fingerprint density at radius 1 is 1.24 bits per heavy atom. The summed E-state index contributed by atoms with van der Waals surface area (Å²) in [5.41, 5.74) is 0.720. The highest BCUT2D eigenvalue weighted by Crippen LogP contribution is 2.41. The summed E-state index contributed by atoms with van der Waals surface area (Å²) in [4.78, 5) is 19.7. The molecule has 1 saturated heterocycles. The second kappa shape index (κ2) is 5.06. The van der Waals surface area contributed by atoms with E-state index in [1.165, 1.54) is 0 Å². The number of benzene rings is 1. The highest BCUT2D eigenvalue weighted by molar-refractivity contribution is 7.46. The fraction of sp³-hybridized carbons (Fsp3) is 0.400. The number of nitrogens with zero attached hydrogens (tertiary/aromatic N) is 1. The second-order valence-corrected chi connectivity index (χ2v) is 4.95. The third-order valence-electron chi connectivity index (χ3n) is 2.54. The Kier molecular flexibility index (Phi) is 3.69. The van der Waals surface area contributed by atoms with E-state index in [9.17, 15) is 4.57 Å². The monoisotopic (exact) mass is 258 g/mol. The fourth-order valence-electron chi connectivity index (χ4n) is 1.83. The van der Waals surface area contributed by atoms with Gasteiger partial charge < -0.3 is 14.7 Å². The van der Waals surface area contributed by atoms with Crippen LogP contribution in [0.15, 0.2) is 24.3 Å². The molecule has 6 nitrogen and oxygen atoms in total. The average molecular weight is 258 g/mol. The molecule has 0 radical (unpaired) electrons. The molecule has 0 atom stereocenters. The Morgan fingerprint density at radius 3 is 2.53 bits per heavy atom. The lowest BCUT2D eigenvalue weighted by atomic mass is 10.2. The summed E-state index contributed by atoms with van der Waals surface area (Å²) in [6.45, 7) is 3.29. The van der Waals surface area contributed by atoms with Crippen LogP contribution in [0, 0.1) is 0 Å². The molecule has 1 fully saturated rings. The molecule has 1 aliphatic rings. The Balaban J connectivity index is 2.23. The second-order valence-electron chi connectivity index (χ2n) is 3.79. The predicted octanol–water partition coefficient (Wildman–Crippen LogP) is 0.568. The van der Waals surface area contributed by atoms with Gasteiger partial charge in [0, 0.05) is 26.2 Å². The van der Waals surface area contributed by atoms with E-state index in [2.05, 4.69) is 5.32 Å². The van der Waals surface area contributed by atoms with Crippen LogP contribution in [-0.4, -0.2) is 36.0 Å². The quantitative estimate of drug-likeness (QED) is 0.687. The summed E-state index contributed by atoms with van der Waals surface area (Å²) in [6.07, 6.45) is 0. The summed E-state index contributed by atoms with van der Waals surface area (Å²) in [5.74, 6) is 0.225. The van der Waals surface area contributed by atoms with Crippen molar-refractivity contribution in [3.05, 3.63) is 24.3 Å². The van der Waals surface area contributed by atoms with Gasteiger partial charge in [-0.15, -0.1) is 0 Å². The van der Waals surface area contributed by atoms with Gasteiger partial charge in [0.15, 0.2) is 5.75 Å². The van der Waals surface area contributed by atoms with E-state index in [0.29, 0.717) is 0 Å². The Labute approximate surface area is 99.4 Å². The fourth-order valence-corrected chi connectivity index (χ4v) is 2.24. The maximum atomic E-state index is 10.9. The van der Waals surface area contributed by atoms with Crippen molar-refractivity contribution in [2.45, 2.75) is 0 Å². The summed E-state index contributed by atoms with van der Waals surface area (Å²) in [7, 11) is -4.51. The maximum Gasteiger partial charge on any atom is 0.524 e. The summed E-state index contributed by atoms with van der Waals surface area (Å²) >= 11 is 0. The van der Waals surface area contributed by atoms with Crippen molar-refractivity contribution in [3.63, 3.8) is 0 Å². The third-order valence-corrected chi connectivity index (χ3v) is 2.97. The largest absolute Gasteiger partial charge is 0.524 e. The van der Waals surface area contributed by atoms with Crippen LogP contribution >= 0.6 is 7.82 Å². The molecule has 94 valence electrons. The van der Waals surface area contributed by atoms with E-state index >= 15 is 0 Å². The average Bonchev–Trinajstić information content (AvgIpc) is 2.29. The van der Waals surface area contributed by atoms with Gasteiger partial charge in [0.1, 0.15) is 0 Å². The van der Waals surface area contributed by atoms with E-state index < -0.39 is 7.82 Å². The van der Waals surface area contributed by atoms with Crippen molar-refractivity contribution in [2.75, 3.05) is 31.1 Å². The molecule has 17 heavy (non-hydrogen) atoms. The number of hydrogen-bond donors (Lipinski definition) is 3. The van der Waals surface area contributed by atoms with Gasteiger partial charge in [0.2, 0.25) is 0 Å². The van der Waals surface area contributed by atoms with Crippen molar-refractivity contribution in [2.24, 2.45) is 0 Å². The molecule has 0 saturated carbocycles. The van der Waals surface area contributed by atoms with E-state index in [-0.39, 0.29) is 5.75 Å². The number of phosphoric acid groups is 1. The highest BCUT2D eigenvalue weighted by Gasteiger charge is 2.21. The Hall–Kier alpha value is -1.07. The number of anilines is 1. The van der Waals surface area contributed by atoms with Gasteiger partial charge in [-0.1, -0.05) is 12.1 Å². The molecule has 3 N–H and O–H groups in total. The Bertz CT molecular complexity index is 428. The van der Waals surface area contributed by atoms with Crippen LogP contribution in [-0.2, 0) is 4.57 Å². The lowest BCUT2D eigenvalue weighted by Gasteiger charge is -2.30. The lowest BCUT2D eigenvalue weighted by Crippen LogP contribution is -2.43. The number of para-hydroxylation sites is 2. The van der Waals surface area contributed by atoms with Gasteiger partial charge in [0.05, 0.1) is 5.69 Å². The van der Waals surface area contributed by atoms with Crippen LogP contribution in [0.4, 0.5) is 5.69 Å². The number of rotatable bonds is 3. The van der Waals surface area contributed by atoms with Crippen molar-refractivity contribution in [3.8, 4) is 5.75 Å². The number of piperazine rings is 1. The molecule has 1 aliphatic heterocycles. The standard InChI is InChI=1S/C10H15N2O4P/c13-17(14,15)16-10-4-2-1-3-9(10)12-7-5-11-6-8-12/h1-4,11H,5-8H2,(H2,13,14,15). The van der Waals surface area contributed by atoms with Crippen LogP contribution in [0.3, 0.4) is 0 Å². The zero-order chi connectivity index (χ0) is 12.3. The molecule has 1 heterocycles. The predicted molar refractivity (Wildman–Crippen MR) is 64.2 cm³/mol. The molecule has 0 spiro atoms. The molecule has 0 bridgehead atoms. The Morgan fingerprint density at radius 2 is 1.88 bits per heavy atom. The van der Waals surface area contributed by atoms with Gasteiger partial charge in [-0.25, -0.2) is 4.57 Å². The molecule has 2 rings (SSSR count). The van der Waals surface area contributed by atoms with Crippen LogP contribution in [0.5, 0.6) is 5.75 Å². The van der Waals surface area contributed by atoms with Crippen LogP contribution in [0.25, 0.3) is 0 Å².